The Morgan fingerprint density at radius 2 is 2.21 bits per heavy atom. The molecule has 0 spiro atoms. The van der Waals surface area contributed by atoms with Gasteiger partial charge in [0.05, 0.1) is 0 Å². The molecular weight excluding hydrogens is 172 g/mol. The Labute approximate surface area is 86.1 Å². The highest BCUT2D eigenvalue weighted by molar-refractivity contribution is 5.27. The van der Waals surface area contributed by atoms with Gasteiger partial charge in [-0.2, -0.15) is 0 Å². The van der Waals surface area contributed by atoms with Crippen LogP contribution in [0.4, 0.5) is 0 Å². The smallest absolute Gasteiger partial charge is 0.0342 e. The third kappa shape index (κ3) is 2.01. The van der Waals surface area contributed by atoms with Crippen LogP contribution in [0, 0.1) is 0 Å². The second-order valence-corrected chi connectivity index (χ2v) is 5.25. The van der Waals surface area contributed by atoms with Gasteiger partial charge in [-0.05, 0) is 51.7 Å². The molecule has 0 fully saturated rings. The van der Waals surface area contributed by atoms with E-state index in [-0.39, 0.29) is 5.54 Å². The van der Waals surface area contributed by atoms with Crippen LogP contribution in [-0.2, 0) is 6.42 Å². The molecule has 1 aromatic rings. The Balaban J connectivity index is 2.16. The van der Waals surface area contributed by atoms with Crippen molar-refractivity contribution in [2.24, 2.45) is 0 Å². The SMILES string of the molecule is CC(C)(C)NC1CCCc2[nH]ccc21. The number of hydrogen-bond acceptors (Lipinski definition) is 1. The first kappa shape index (κ1) is 9.78. The fourth-order valence-electron chi connectivity index (χ4n) is 2.27. The van der Waals surface area contributed by atoms with E-state index < -0.39 is 0 Å². The Morgan fingerprint density at radius 3 is 2.93 bits per heavy atom. The van der Waals surface area contributed by atoms with Crippen LogP contribution in [0.2, 0.25) is 0 Å². The van der Waals surface area contributed by atoms with Crippen molar-refractivity contribution in [1.29, 1.82) is 0 Å². The van der Waals surface area contributed by atoms with Crippen molar-refractivity contribution in [3.63, 3.8) is 0 Å². The van der Waals surface area contributed by atoms with Gasteiger partial charge < -0.3 is 10.3 Å². The molecule has 1 aromatic heterocycles. The topological polar surface area (TPSA) is 27.8 Å². The molecule has 2 N–H and O–H groups in total. The summed E-state index contributed by atoms with van der Waals surface area (Å²) in [6, 6.07) is 2.77. The molecule has 1 aliphatic carbocycles. The molecular formula is C12H20N2. The van der Waals surface area contributed by atoms with E-state index in [9.17, 15) is 0 Å². The predicted octanol–water partition coefficient (Wildman–Crippen LogP) is 2.78. The van der Waals surface area contributed by atoms with Gasteiger partial charge in [0.2, 0.25) is 0 Å². The second-order valence-electron chi connectivity index (χ2n) is 5.25. The first-order valence-electron chi connectivity index (χ1n) is 5.50. The molecule has 0 radical (unpaired) electrons. The molecule has 2 rings (SSSR count). The fourth-order valence-corrected chi connectivity index (χ4v) is 2.27. The van der Waals surface area contributed by atoms with Crippen LogP contribution in [0.1, 0.15) is 50.9 Å². The van der Waals surface area contributed by atoms with E-state index in [1.54, 1.807) is 0 Å². The molecule has 2 heteroatoms. The molecule has 78 valence electrons. The van der Waals surface area contributed by atoms with Gasteiger partial charge in [-0.3, -0.25) is 0 Å². The van der Waals surface area contributed by atoms with Gasteiger partial charge in [-0.15, -0.1) is 0 Å². The Hall–Kier alpha value is -0.760. The van der Waals surface area contributed by atoms with Gasteiger partial charge >= 0.3 is 0 Å². The summed E-state index contributed by atoms with van der Waals surface area (Å²) in [5, 5.41) is 3.68. The molecule has 0 aromatic carbocycles. The quantitative estimate of drug-likeness (QED) is 0.703. The first-order valence-corrected chi connectivity index (χ1v) is 5.50. The van der Waals surface area contributed by atoms with E-state index in [0.717, 1.165) is 0 Å². The third-order valence-electron chi connectivity index (χ3n) is 2.77. The van der Waals surface area contributed by atoms with Crippen molar-refractivity contribution in [2.45, 2.75) is 51.6 Å². The number of aromatic nitrogens is 1. The lowest BCUT2D eigenvalue weighted by Crippen LogP contribution is -2.39. The minimum atomic E-state index is 0.205. The number of nitrogens with one attached hydrogen (secondary N) is 2. The molecule has 0 aliphatic heterocycles. The van der Waals surface area contributed by atoms with Crippen molar-refractivity contribution >= 4 is 0 Å². The lowest BCUT2D eigenvalue weighted by molar-refractivity contribution is 0.336. The van der Waals surface area contributed by atoms with Crippen LogP contribution in [0.5, 0.6) is 0 Å². The predicted molar refractivity (Wildman–Crippen MR) is 59.4 cm³/mol. The Morgan fingerprint density at radius 1 is 1.43 bits per heavy atom. The molecule has 0 amide bonds. The van der Waals surface area contributed by atoms with E-state index >= 15 is 0 Å². The van der Waals surface area contributed by atoms with Crippen LogP contribution < -0.4 is 5.32 Å². The van der Waals surface area contributed by atoms with E-state index in [2.05, 4.69) is 43.3 Å². The fraction of sp³-hybridized carbons (Fsp3) is 0.667. The summed E-state index contributed by atoms with van der Waals surface area (Å²) in [5.74, 6) is 0. The van der Waals surface area contributed by atoms with E-state index in [1.165, 1.54) is 30.5 Å². The van der Waals surface area contributed by atoms with Crippen molar-refractivity contribution in [1.82, 2.24) is 10.3 Å². The maximum atomic E-state index is 3.68. The summed E-state index contributed by atoms with van der Waals surface area (Å²) in [7, 11) is 0. The van der Waals surface area contributed by atoms with Crippen LogP contribution in [0.3, 0.4) is 0 Å². The van der Waals surface area contributed by atoms with Crippen LogP contribution >= 0.6 is 0 Å². The lowest BCUT2D eigenvalue weighted by atomic mass is 9.91. The molecule has 2 nitrogen and oxygen atoms in total. The zero-order valence-electron chi connectivity index (χ0n) is 9.35. The summed E-state index contributed by atoms with van der Waals surface area (Å²) in [6.07, 6.45) is 5.83. The van der Waals surface area contributed by atoms with Crippen LogP contribution in [0.15, 0.2) is 12.3 Å². The summed E-state index contributed by atoms with van der Waals surface area (Å²) in [6.45, 7) is 6.69. The summed E-state index contributed by atoms with van der Waals surface area (Å²) >= 11 is 0. The Bertz CT molecular complexity index is 306. The summed E-state index contributed by atoms with van der Waals surface area (Å²) in [5.41, 5.74) is 3.11. The average Bonchev–Trinajstić information content (AvgIpc) is 2.49. The van der Waals surface area contributed by atoms with Crippen LogP contribution in [-0.4, -0.2) is 10.5 Å². The van der Waals surface area contributed by atoms with Crippen molar-refractivity contribution in [3.05, 3.63) is 23.5 Å². The van der Waals surface area contributed by atoms with E-state index in [0.29, 0.717) is 6.04 Å². The molecule has 1 aliphatic rings. The summed E-state index contributed by atoms with van der Waals surface area (Å²) in [4.78, 5) is 3.33. The van der Waals surface area contributed by atoms with Crippen molar-refractivity contribution in [2.75, 3.05) is 0 Å². The molecule has 0 saturated carbocycles. The molecule has 1 unspecified atom stereocenters. The standard InChI is InChI=1S/C12H20N2/c1-12(2,3)14-11-6-4-5-10-9(11)7-8-13-10/h7-8,11,13-14H,4-6H2,1-3H3. The first-order chi connectivity index (χ1) is 6.56. The lowest BCUT2D eigenvalue weighted by Gasteiger charge is -2.31. The molecule has 0 bridgehead atoms. The van der Waals surface area contributed by atoms with Crippen molar-refractivity contribution in [3.8, 4) is 0 Å². The highest BCUT2D eigenvalue weighted by atomic mass is 15.0. The molecule has 1 heterocycles. The van der Waals surface area contributed by atoms with Gasteiger partial charge in [0, 0.05) is 23.5 Å². The number of aromatic amines is 1. The highest BCUT2D eigenvalue weighted by Crippen LogP contribution is 2.30. The van der Waals surface area contributed by atoms with E-state index in [4.69, 9.17) is 0 Å². The highest BCUT2D eigenvalue weighted by Gasteiger charge is 2.24. The monoisotopic (exact) mass is 192 g/mol. The van der Waals surface area contributed by atoms with Crippen LogP contribution in [0.25, 0.3) is 0 Å². The number of rotatable bonds is 1. The normalized spacial score (nSPS) is 22.1. The average molecular weight is 192 g/mol. The minimum absolute atomic E-state index is 0.205. The maximum Gasteiger partial charge on any atom is 0.0342 e. The largest absolute Gasteiger partial charge is 0.365 e. The van der Waals surface area contributed by atoms with Crippen molar-refractivity contribution < 1.29 is 0 Å². The van der Waals surface area contributed by atoms with Gasteiger partial charge in [0.1, 0.15) is 0 Å². The van der Waals surface area contributed by atoms with Gasteiger partial charge in [0.25, 0.3) is 0 Å². The summed E-state index contributed by atoms with van der Waals surface area (Å²) < 4.78 is 0. The molecule has 0 saturated heterocycles. The number of hydrogen-bond donors (Lipinski definition) is 2. The number of aryl methyl sites for hydroxylation is 1. The number of fused-ring (bicyclic) bond motifs is 1. The zero-order valence-corrected chi connectivity index (χ0v) is 9.35. The maximum absolute atomic E-state index is 3.68. The molecule has 14 heavy (non-hydrogen) atoms. The zero-order chi connectivity index (χ0) is 10.2. The third-order valence-corrected chi connectivity index (χ3v) is 2.77. The molecule has 1 atom stereocenters. The minimum Gasteiger partial charge on any atom is -0.365 e. The van der Waals surface area contributed by atoms with Gasteiger partial charge in [0.15, 0.2) is 0 Å². The van der Waals surface area contributed by atoms with E-state index in [1.807, 2.05) is 0 Å². The number of H-pyrrole nitrogens is 1. The Kier molecular flexibility index (Phi) is 2.40. The second kappa shape index (κ2) is 3.43. The van der Waals surface area contributed by atoms with Gasteiger partial charge in [-0.1, -0.05) is 0 Å². The van der Waals surface area contributed by atoms with Gasteiger partial charge in [-0.25, -0.2) is 0 Å².